The zero-order valence-corrected chi connectivity index (χ0v) is 13.0. The number of sulfonamides is 1. The molecule has 2 unspecified atom stereocenters. The van der Waals surface area contributed by atoms with E-state index in [1.165, 1.54) is 6.20 Å². The lowest BCUT2D eigenvalue weighted by atomic mass is 10.3. The summed E-state index contributed by atoms with van der Waals surface area (Å²) in [4.78, 5) is 0.266. The zero-order chi connectivity index (χ0) is 14.6. The molecule has 20 heavy (non-hydrogen) atoms. The fraction of sp³-hybridized carbons (Fsp3) is 0.769. The van der Waals surface area contributed by atoms with Gasteiger partial charge in [0.1, 0.15) is 4.90 Å². The summed E-state index contributed by atoms with van der Waals surface area (Å²) in [5, 5.41) is 7.35. The van der Waals surface area contributed by atoms with Crippen molar-refractivity contribution in [3.8, 4) is 0 Å². The van der Waals surface area contributed by atoms with Crippen LogP contribution in [0, 0.1) is 5.92 Å². The first-order valence-corrected chi connectivity index (χ1v) is 8.80. The van der Waals surface area contributed by atoms with Crippen LogP contribution in [-0.4, -0.2) is 37.3 Å². The summed E-state index contributed by atoms with van der Waals surface area (Å²) in [6.07, 6.45) is 5.95. The highest BCUT2D eigenvalue weighted by Crippen LogP contribution is 2.34. The summed E-state index contributed by atoms with van der Waals surface area (Å²) in [5.41, 5.74) is 0. The Hall–Kier alpha value is -0.920. The molecule has 7 heteroatoms. The van der Waals surface area contributed by atoms with Crippen molar-refractivity contribution in [1.82, 2.24) is 19.8 Å². The molecule has 2 rings (SSSR count). The third-order valence-corrected chi connectivity index (χ3v) is 5.11. The third-order valence-electron chi connectivity index (χ3n) is 3.66. The van der Waals surface area contributed by atoms with Crippen LogP contribution >= 0.6 is 0 Å². The van der Waals surface area contributed by atoms with E-state index in [2.05, 4.69) is 29.0 Å². The topological polar surface area (TPSA) is 76.0 Å². The highest BCUT2D eigenvalue weighted by Gasteiger charge is 2.38. The Kier molecular flexibility index (Phi) is 5.17. The van der Waals surface area contributed by atoms with Crippen LogP contribution in [-0.2, 0) is 16.6 Å². The van der Waals surface area contributed by atoms with Crippen LogP contribution in [0.1, 0.15) is 33.1 Å². The first kappa shape index (κ1) is 15.5. The monoisotopic (exact) mass is 300 g/mol. The van der Waals surface area contributed by atoms with Crippen molar-refractivity contribution in [2.45, 2.75) is 50.6 Å². The minimum Gasteiger partial charge on any atom is -0.317 e. The molecule has 1 aliphatic rings. The van der Waals surface area contributed by atoms with Crippen molar-refractivity contribution in [2.24, 2.45) is 5.92 Å². The molecular formula is C13H24N4O2S. The van der Waals surface area contributed by atoms with E-state index >= 15 is 0 Å². The smallest absolute Gasteiger partial charge is 0.243 e. The predicted octanol–water partition coefficient (Wildman–Crippen LogP) is 0.960. The standard InChI is InChI=1S/C13H24N4O2S/c1-3-11-8-13(11)16-20(18,19)12-9-15-17(10-12)7-5-6-14-4-2/h9-11,13-14,16H,3-8H2,1-2H3. The molecule has 1 aliphatic carbocycles. The first-order chi connectivity index (χ1) is 9.56. The van der Waals surface area contributed by atoms with Crippen molar-refractivity contribution < 1.29 is 8.42 Å². The normalized spacial score (nSPS) is 22.1. The SMILES string of the molecule is CCNCCCn1cc(S(=O)(=O)NC2CC2CC)cn1. The van der Waals surface area contributed by atoms with Gasteiger partial charge in [0.15, 0.2) is 0 Å². The van der Waals surface area contributed by atoms with Crippen LogP contribution in [0.3, 0.4) is 0 Å². The molecule has 0 radical (unpaired) electrons. The van der Waals surface area contributed by atoms with E-state index in [1.807, 2.05) is 0 Å². The van der Waals surface area contributed by atoms with Gasteiger partial charge in [-0.3, -0.25) is 4.68 Å². The van der Waals surface area contributed by atoms with E-state index in [4.69, 9.17) is 0 Å². The Bertz CT molecular complexity index is 526. The van der Waals surface area contributed by atoms with E-state index in [-0.39, 0.29) is 10.9 Å². The maximum atomic E-state index is 12.2. The van der Waals surface area contributed by atoms with Crippen LogP contribution in [0.4, 0.5) is 0 Å². The average Bonchev–Trinajstić information content (AvgIpc) is 2.97. The Morgan fingerprint density at radius 2 is 2.25 bits per heavy atom. The number of aromatic nitrogens is 2. The third kappa shape index (κ3) is 4.04. The van der Waals surface area contributed by atoms with Crippen LogP contribution in [0.15, 0.2) is 17.3 Å². The summed E-state index contributed by atoms with van der Waals surface area (Å²) < 4.78 is 28.7. The molecule has 0 amide bonds. The minimum absolute atomic E-state index is 0.113. The van der Waals surface area contributed by atoms with Crippen molar-refractivity contribution in [3.05, 3.63) is 12.4 Å². The van der Waals surface area contributed by atoms with Gasteiger partial charge in [-0.1, -0.05) is 20.3 Å². The maximum absolute atomic E-state index is 12.2. The van der Waals surface area contributed by atoms with Gasteiger partial charge in [0.05, 0.1) is 6.20 Å². The van der Waals surface area contributed by atoms with Crippen molar-refractivity contribution in [3.63, 3.8) is 0 Å². The lowest BCUT2D eigenvalue weighted by Crippen LogP contribution is -2.26. The van der Waals surface area contributed by atoms with Crippen molar-refractivity contribution in [2.75, 3.05) is 13.1 Å². The fourth-order valence-corrected chi connectivity index (χ4v) is 3.53. The molecule has 0 aliphatic heterocycles. The van der Waals surface area contributed by atoms with E-state index in [0.29, 0.717) is 5.92 Å². The first-order valence-electron chi connectivity index (χ1n) is 7.32. The minimum atomic E-state index is -3.40. The largest absolute Gasteiger partial charge is 0.317 e. The summed E-state index contributed by atoms with van der Waals surface area (Å²) in [6, 6.07) is 0.113. The summed E-state index contributed by atoms with van der Waals surface area (Å²) in [7, 11) is -3.40. The van der Waals surface area contributed by atoms with Gasteiger partial charge in [-0.2, -0.15) is 5.10 Å². The van der Waals surface area contributed by atoms with Gasteiger partial charge in [0.2, 0.25) is 10.0 Å². The Morgan fingerprint density at radius 1 is 1.45 bits per heavy atom. The second kappa shape index (κ2) is 6.69. The van der Waals surface area contributed by atoms with Crippen molar-refractivity contribution in [1.29, 1.82) is 0 Å². The molecule has 2 N–H and O–H groups in total. The molecule has 6 nitrogen and oxygen atoms in total. The van der Waals surface area contributed by atoms with Gasteiger partial charge in [0, 0.05) is 18.8 Å². The van der Waals surface area contributed by atoms with Crippen molar-refractivity contribution >= 4 is 10.0 Å². The molecule has 1 aromatic rings. The summed E-state index contributed by atoms with van der Waals surface area (Å²) in [5.74, 6) is 0.500. The molecule has 0 aromatic carbocycles. The molecule has 1 fully saturated rings. The van der Waals surface area contributed by atoms with Gasteiger partial charge in [-0.25, -0.2) is 13.1 Å². The predicted molar refractivity (Wildman–Crippen MR) is 77.9 cm³/mol. The maximum Gasteiger partial charge on any atom is 0.243 e. The number of hydrogen-bond donors (Lipinski definition) is 2. The molecule has 0 spiro atoms. The molecule has 114 valence electrons. The molecule has 1 saturated carbocycles. The van der Waals surface area contributed by atoms with Gasteiger partial charge in [0.25, 0.3) is 0 Å². The number of nitrogens with zero attached hydrogens (tertiary/aromatic N) is 2. The van der Waals surface area contributed by atoms with Crippen LogP contribution in [0.25, 0.3) is 0 Å². The Balaban J connectivity index is 1.87. The number of rotatable bonds is 9. The molecule has 1 aromatic heterocycles. The van der Waals surface area contributed by atoms with E-state index in [1.54, 1.807) is 10.9 Å². The van der Waals surface area contributed by atoms with Gasteiger partial charge < -0.3 is 5.32 Å². The average molecular weight is 300 g/mol. The van der Waals surface area contributed by atoms with Gasteiger partial charge in [-0.15, -0.1) is 0 Å². The molecular weight excluding hydrogens is 276 g/mol. The molecule has 0 saturated heterocycles. The van der Waals surface area contributed by atoms with E-state index in [9.17, 15) is 8.42 Å². The molecule has 2 atom stereocenters. The lowest BCUT2D eigenvalue weighted by molar-refractivity contribution is 0.548. The zero-order valence-electron chi connectivity index (χ0n) is 12.2. The van der Waals surface area contributed by atoms with Crippen LogP contribution < -0.4 is 10.0 Å². The fourth-order valence-electron chi connectivity index (χ4n) is 2.26. The van der Waals surface area contributed by atoms with E-state index in [0.717, 1.165) is 38.9 Å². The summed E-state index contributed by atoms with van der Waals surface area (Å²) in [6.45, 7) is 6.73. The Morgan fingerprint density at radius 3 is 2.90 bits per heavy atom. The molecule has 1 heterocycles. The second-order valence-corrected chi connectivity index (χ2v) is 6.99. The highest BCUT2D eigenvalue weighted by atomic mass is 32.2. The number of hydrogen-bond acceptors (Lipinski definition) is 4. The second-order valence-electron chi connectivity index (χ2n) is 5.28. The van der Waals surface area contributed by atoms with Gasteiger partial charge >= 0.3 is 0 Å². The lowest BCUT2D eigenvalue weighted by Gasteiger charge is -2.03. The quantitative estimate of drug-likeness (QED) is 0.666. The van der Waals surface area contributed by atoms with Crippen LogP contribution in [0.5, 0.6) is 0 Å². The highest BCUT2D eigenvalue weighted by molar-refractivity contribution is 7.89. The molecule has 0 bridgehead atoms. The Labute approximate surface area is 121 Å². The summed E-state index contributed by atoms with van der Waals surface area (Å²) >= 11 is 0. The number of aryl methyl sites for hydroxylation is 1. The van der Waals surface area contributed by atoms with Gasteiger partial charge in [-0.05, 0) is 31.8 Å². The number of nitrogens with one attached hydrogen (secondary N) is 2. The van der Waals surface area contributed by atoms with Crippen LogP contribution in [0.2, 0.25) is 0 Å². The van der Waals surface area contributed by atoms with E-state index < -0.39 is 10.0 Å².